The Labute approximate surface area is 134 Å². The van der Waals surface area contributed by atoms with Crippen LogP contribution in [-0.4, -0.2) is 0 Å². The Morgan fingerprint density at radius 1 is 0.636 bits per heavy atom. The fourth-order valence-electron chi connectivity index (χ4n) is 3.16. The molecule has 0 unspecified atom stereocenters. The smallest absolute Gasteiger partial charge is 0.00579 e. The maximum atomic E-state index is 2.31. The van der Waals surface area contributed by atoms with Crippen molar-refractivity contribution in [3.05, 3.63) is 81.9 Å². The Kier molecular flexibility index (Phi) is 4.58. The monoisotopic (exact) mass is 288 g/mol. The predicted molar refractivity (Wildman–Crippen MR) is 96.8 cm³/mol. The van der Waals surface area contributed by atoms with Crippen molar-refractivity contribution < 1.29 is 0 Å². The molecule has 0 radical (unpaired) electrons. The van der Waals surface area contributed by atoms with Crippen LogP contribution in [0.2, 0.25) is 0 Å². The Morgan fingerprint density at radius 2 is 1.05 bits per heavy atom. The largest absolute Gasteiger partial charge is 0.0655 e. The molecular weight excluding hydrogens is 264 g/mol. The average molecular weight is 288 g/mol. The third-order valence-corrected chi connectivity index (χ3v) is 4.57. The van der Waals surface area contributed by atoms with E-state index in [2.05, 4.69) is 74.5 Å². The third kappa shape index (κ3) is 3.22. The highest BCUT2D eigenvalue weighted by molar-refractivity contribution is 5.64. The summed E-state index contributed by atoms with van der Waals surface area (Å²) in [5.41, 5.74) is 8.94. The minimum absolute atomic E-state index is 1.17. The van der Waals surface area contributed by atoms with E-state index in [0.29, 0.717) is 0 Å². The van der Waals surface area contributed by atoms with E-state index >= 15 is 0 Å². The Balaban J connectivity index is 0.000000131. The molecule has 0 aromatic heterocycles. The predicted octanol–water partition coefficient (Wildman–Crippen LogP) is 6.07. The van der Waals surface area contributed by atoms with Gasteiger partial charge in [-0.05, 0) is 47.9 Å². The standard InChI is InChI=1S/2C11H12/c2*1-2-9-7-10-5-3-4-6-11(10)8-9/h2*3-7H,2,8H2,1H3. The molecule has 2 aliphatic carbocycles. The highest BCUT2D eigenvalue weighted by atomic mass is 14.1. The lowest BCUT2D eigenvalue weighted by atomic mass is 10.1. The zero-order chi connectivity index (χ0) is 15.4. The molecule has 112 valence electrons. The lowest BCUT2D eigenvalue weighted by Crippen LogP contribution is -1.81. The molecule has 0 atom stereocenters. The fraction of sp³-hybridized carbons (Fsp3) is 0.273. The van der Waals surface area contributed by atoms with Gasteiger partial charge in [-0.2, -0.15) is 0 Å². The number of fused-ring (bicyclic) bond motifs is 2. The molecule has 0 nitrogen and oxygen atoms in total. The first-order chi connectivity index (χ1) is 10.8. The number of hydrogen-bond acceptors (Lipinski definition) is 0. The van der Waals surface area contributed by atoms with E-state index in [0.717, 1.165) is 0 Å². The molecule has 22 heavy (non-hydrogen) atoms. The van der Waals surface area contributed by atoms with Gasteiger partial charge in [0, 0.05) is 0 Å². The highest BCUT2D eigenvalue weighted by Crippen LogP contribution is 2.26. The molecule has 0 bridgehead atoms. The van der Waals surface area contributed by atoms with E-state index in [4.69, 9.17) is 0 Å². The fourth-order valence-corrected chi connectivity index (χ4v) is 3.16. The maximum Gasteiger partial charge on any atom is -0.00579 e. The first-order valence-electron chi connectivity index (χ1n) is 8.34. The van der Waals surface area contributed by atoms with Crippen LogP contribution >= 0.6 is 0 Å². The second-order valence-corrected chi connectivity index (χ2v) is 6.06. The van der Waals surface area contributed by atoms with Crippen LogP contribution in [0, 0.1) is 0 Å². The van der Waals surface area contributed by atoms with E-state index in [9.17, 15) is 0 Å². The summed E-state index contributed by atoms with van der Waals surface area (Å²) < 4.78 is 0. The minimum atomic E-state index is 1.17. The normalized spacial score (nSPS) is 14.5. The van der Waals surface area contributed by atoms with Crippen LogP contribution in [0.3, 0.4) is 0 Å². The van der Waals surface area contributed by atoms with E-state index in [1.54, 1.807) is 11.1 Å². The second kappa shape index (κ2) is 6.79. The van der Waals surface area contributed by atoms with Gasteiger partial charge in [-0.3, -0.25) is 0 Å². The molecule has 0 aliphatic heterocycles. The van der Waals surface area contributed by atoms with E-state index in [-0.39, 0.29) is 0 Å². The van der Waals surface area contributed by atoms with Crippen LogP contribution in [0.4, 0.5) is 0 Å². The Hall–Kier alpha value is -2.08. The van der Waals surface area contributed by atoms with Crippen molar-refractivity contribution in [2.24, 2.45) is 0 Å². The Bertz CT molecular complexity index is 653. The molecule has 0 heteroatoms. The molecule has 2 aromatic carbocycles. The number of allylic oxidation sites excluding steroid dienone is 2. The molecule has 0 amide bonds. The van der Waals surface area contributed by atoms with Gasteiger partial charge in [-0.25, -0.2) is 0 Å². The summed E-state index contributed by atoms with van der Waals surface area (Å²) in [6, 6.07) is 17.3. The third-order valence-electron chi connectivity index (χ3n) is 4.57. The number of rotatable bonds is 2. The van der Waals surface area contributed by atoms with Crippen molar-refractivity contribution in [2.45, 2.75) is 39.5 Å². The summed E-state index contributed by atoms with van der Waals surface area (Å²) in [5, 5.41) is 0. The first-order valence-corrected chi connectivity index (χ1v) is 8.34. The van der Waals surface area contributed by atoms with Gasteiger partial charge >= 0.3 is 0 Å². The Morgan fingerprint density at radius 3 is 1.41 bits per heavy atom. The molecule has 0 spiro atoms. The molecule has 0 heterocycles. The SMILES string of the molecule is CCC1=Cc2ccccc2C1.CCC1=Cc2ccccc2C1. The van der Waals surface area contributed by atoms with Crippen molar-refractivity contribution in [1.29, 1.82) is 0 Å². The summed E-state index contributed by atoms with van der Waals surface area (Å²) in [6.45, 7) is 4.44. The molecule has 2 aliphatic rings. The van der Waals surface area contributed by atoms with Crippen LogP contribution < -0.4 is 0 Å². The van der Waals surface area contributed by atoms with Crippen LogP contribution in [0.5, 0.6) is 0 Å². The minimum Gasteiger partial charge on any atom is -0.0655 e. The van der Waals surface area contributed by atoms with Gasteiger partial charge in [-0.15, -0.1) is 0 Å². The first kappa shape index (κ1) is 14.8. The summed E-state index contributed by atoms with van der Waals surface area (Å²) in [7, 11) is 0. The van der Waals surface area contributed by atoms with Crippen molar-refractivity contribution >= 4 is 12.2 Å². The number of hydrogen-bond donors (Lipinski definition) is 0. The van der Waals surface area contributed by atoms with Gasteiger partial charge in [0.15, 0.2) is 0 Å². The van der Waals surface area contributed by atoms with Crippen LogP contribution in [0.15, 0.2) is 59.7 Å². The molecule has 0 saturated carbocycles. The van der Waals surface area contributed by atoms with E-state index in [1.165, 1.54) is 47.9 Å². The molecule has 0 fully saturated rings. The number of benzene rings is 2. The van der Waals surface area contributed by atoms with Crippen molar-refractivity contribution in [3.63, 3.8) is 0 Å². The van der Waals surface area contributed by atoms with Gasteiger partial charge < -0.3 is 0 Å². The van der Waals surface area contributed by atoms with E-state index in [1.807, 2.05) is 0 Å². The van der Waals surface area contributed by atoms with Crippen LogP contribution in [0.1, 0.15) is 48.9 Å². The zero-order valence-electron chi connectivity index (χ0n) is 13.6. The van der Waals surface area contributed by atoms with Gasteiger partial charge in [0.05, 0.1) is 0 Å². The molecule has 2 aromatic rings. The summed E-state index contributed by atoms with van der Waals surface area (Å²) >= 11 is 0. The van der Waals surface area contributed by atoms with Gasteiger partial charge in [0.2, 0.25) is 0 Å². The van der Waals surface area contributed by atoms with Gasteiger partial charge in [0.25, 0.3) is 0 Å². The quantitative estimate of drug-likeness (QED) is 0.629. The van der Waals surface area contributed by atoms with Crippen LogP contribution in [0.25, 0.3) is 12.2 Å². The topological polar surface area (TPSA) is 0 Å². The van der Waals surface area contributed by atoms with E-state index < -0.39 is 0 Å². The summed E-state index contributed by atoms with van der Waals surface area (Å²) in [5.74, 6) is 0. The zero-order valence-corrected chi connectivity index (χ0v) is 13.6. The molecule has 0 N–H and O–H groups in total. The summed E-state index contributed by atoms with van der Waals surface area (Å²) in [6.07, 6.45) is 9.35. The van der Waals surface area contributed by atoms with Gasteiger partial charge in [0.1, 0.15) is 0 Å². The van der Waals surface area contributed by atoms with Gasteiger partial charge in [-0.1, -0.05) is 85.7 Å². The highest BCUT2D eigenvalue weighted by Gasteiger charge is 2.09. The second-order valence-electron chi connectivity index (χ2n) is 6.06. The average Bonchev–Trinajstić information content (AvgIpc) is 3.18. The van der Waals surface area contributed by atoms with Crippen LogP contribution in [-0.2, 0) is 12.8 Å². The lowest BCUT2D eigenvalue weighted by molar-refractivity contribution is 1.04. The lowest BCUT2D eigenvalue weighted by Gasteiger charge is -1.95. The molecule has 0 saturated heterocycles. The maximum absolute atomic E-state index is 2.31. The van der Waals surface area contributed by atoms with Crippen molar-refractivity contribution in [1.82, 2.24) is 0 Å². The summed E-state index contributed by atoms with van der Waals surface area (Å²) in [4.78, 5) is 0. The van der Waals surface area contributed by atoms with Crippen molar-refractivity contribution in [2.75, 3.05) is 0 Å². The molecule has 4 rings (SSSR count). The van der Waals surface area contributed by atoms with Crippen molar-refractivity contribution in [3.8, 4) is 0 Å². The molecular formula is C22H24.